The van der Waals surface area contributed by atoms with Gasteiger partial charge in [-0.3, -0.25) is 4.79 Å². The molecule has 0 radical (unpaired) electrons. The molecule has 0 atom stereocenters. The van der Waals surface area contributed by atoms with Crippen LogP contribution >= 0.6 is 0 Å². The molecular formula is C4H10N2O4S. The molecule has 0 spiro atoms. The normalized spacial score (nSPS) is 11.4. The van der Waals surface area contributed by atoms with Crippen LogP contribution in [0.15, 0.2) is 0 Å². The van der Waals surface area contributed by atoms with E-state index in [1.807, 2.05) is 9.44 Å². The Kier molecular flexibility index (Phi) is 4.01. The second-order valence-corrected chi connectivity index (χ2v) is 3.45. The zero-order chi connectivity index (χ0) is 8.91. The maximum Gasteiger partial charge on any atom is 0.304 e. The van der Waals surface area contributed by atoms with Crippen LogP contribution < -0.4 is 9.44 Å². The highest BCUT2D eigenvalue weighted by Gasteiger charge is 2.05. The lowest BCUT2D eigenvalue weighted by Crippen LogP contribution is -2.35. The summed E-state index contributed by atoms with van der Waals surface area (Å²) in [7, 11) is -2.24. The Hall–Kier alpha value is -0.660. The van der Waals surface area contributed by atoms with Gasteiger partial charge in [0.2, 0.25) is 0 Å². The van der Waals surface area contributed by atoms with Crippen LogP contribution in [0, 0.1) is 0 Å². The molecule has 0 heterocycles. The Morgan fingerprint density at radius 2 is 2.09 bits per heavy atom. The van der Waals surface area contributed by atoms with Crippen molar-refractivity contribution >= 4 is 16.2 Å². The van der Waals surface area contributed by atoms with Gasteiger partial charge in [0.25, 0.3) is 10.2 Å². The molecule has 0 unspecified atom stereocenters. The molecule has 0 aromatic heterocycles. The minimum Gasteiger partial charge on any atom is -0.481 e. The molecule has 0 saturated heterocycles. The molecule has 11 heavy (non-hydrogen) atoms. The summed E-state index contributed by atoms with van der Waals surface area (Å²) in [6.45, 7) is -0.0987. The number of hydrogen-bond acceptors (Lipinski definition) is 3. The highest BCUT2D eigenvalue weighted by molar-refractivity contribution is 7.87. The molecule has 0 amide bonds. The summed E-state index contributed by atoms with van der Waals surface area (Å²) in [6, 6.07) is 0. The topological polar surface area (TPSA) is 95.5 Å². The van der Waals surface area contributed by atoms with Gasteiger partial charge in [0, 0.05) is 13.6 Å². The minimum absolute atomic E-state index is 0.0987. The van der Waals surface area contributed by atoms with Crippen LogP contribution in [-0.2, 0) is 15.0 Å². The summed E-state index contributed by atoms with van der Waals surface area (Å²) in [5.41, 5.74) is 0. The Morgan fingerprint density at radius 3 is 2.45 bits per heavy atom. The summed E-state index contributed by atoms with van der Waals surface area (Å²) >= 11 is 0. The summed E-state index contributed by atoms with van der Waals surface area (Å²) in [6.07, 6.45) is -0.221. The van der Waals surface area contributed by atoms with Crippen LogP contribution in [0.2, 0.25) is 0 Å². The van der Waals surface area contributed by atoms with Gasteiger partial charge in [-0.1, -0.05) is 0 Å². The van der Waals surface area contributed by atoms with Crippen molar-refractivity contribution in [2.24, 2.45) is 0 Å². The number of aliphatic carboxylic acids is 1. The third kappa shape index (κ3) is 5.77. The summed E-state index contributed by atoms with van der Waals surface area (Å²) in [4.78, 5) is 9.92. The van der Waals surface area contributed by atoms with Crippen molar-refractivity contribution in [3.8, 4) is 0 Å². The van der Waals surface area contributed by atoms with Crippen molar-refractivity contribution in [2.75, 3.05) is 13.6 Å². The fourth-order valence-corrected chi connectivity index (χ4v) is 0.880. The van der Waals surface area contributed by atoms with E-state index in [4.69, 9.17) is 5.11 Å². The Morgan fingerprint density at radius 1 is 1.55 bits per heavy atom. The monoisotopic (exact) mass is 182 g/mol. The maximum absolute atomic E-state index is 10.6. The SMILES string of the molecule is CNS(=O)(=O)NCCC(=O)O. The quantitative estimate of drug-likeness (QED) is 0.483. The number of carbonyl (C=O) groups is 1. The van der Waals surface area contributed by atoms with E-state index in [-0.39, 0.29) is 13.0 Å². The molecule has 3 N–H and O–H groups in total. The smallest absolute Gasteiger partial charge is 0.304 e. The number of hydrogen-bond donors (Lipinski definition) is 3. The molecule has 6 nitrogen and oxygen atoms in total. The molecule has 0 rings (SSSR count). The van der Waals surface area contributed by atoms with E-state index in [9.17, 15) is 13.2 Å². The minimum atomic E-state index is -3.48. The third-order valence-electron chi connectivity index (χ3n) is 0.900. The van der Waals surface area contributed by atoms with E-state index in [0.29, 0.717) is 0 Å². The summed E-state index contributed by atoms with van der Waals surface area (Å²) in [5.74, 6) is -1.04. The number of carboxylic acids is 1. The van der Waals surface area contributed by atoms with Crippen LogP contribution in [-0.4, -0.2) is 33.1 Å². The van der Waals surface area contributed by atoms with Gasteiger partial charge in [0.15, 0.2) is 0 Å². The lowest BCUT2D eigenvalue weighted by atomic mass is 10.5. The highest BCUT2D eigenvalue weighted by atomic mass is 32.2. The largest absolute Gasteiger partial charge is 0.481 e. The van der Waals surface area contributed by atoms with E-state index >= 15 is 0 Å². The van der Waals surface area contributed by atoms with E-state index < -0.39 is 16.2 Å². The van der Waals surface area contributed by atoms with Gasteiger partial charge in [-0.15, -0.1) is 0 Å². The number of carboxylic acid groups (broad SMARTS) is 1. The lowest BCUT2D eigenvalue weighted by molar-refractivity contribution is -0.136. The van der Waals surface area contributed by atoms with Gasteiger partial charge in [-0.2, -0.15) is 8.42 Å². The van der Waals surface area contributed by atoms with Gasteiger partial charge in [0.1, 0.15) is 0 Å². The standard InChI is InChI=1S/C4H10N2O4S/c1-5-11(9,10)6-3-2-4(7)8/h5-6H,2-3H2,1H3,(H,7,8). The average molecular weight is 182 g/mol. The zero-order valence-corrected chi connectivity index (χ0v) is 6.81. The van der Waals surface area contributed by atoms with E-state index in [1.54, 1.807) is 0 Å². The van der Waals surface area contributed by atoms with Crippen LogP contribution in [0.25, 0.3) is 0 Å². The van der Waals surface area contributed by atoms with Gasteiger partial charge in [0.05, 0.1) is 6.42 Å². The molecule has 0 aliphatic heterocycles. The highest BCUT2D eigenvalue weighted by Crippen LogP contribution is 1.78. The first-order valence-corrected chi connectivity index (χ1v) is 4.36. The van der Waals surface area contributed by atoms with Crippen LogP contribution in [0.4, 0.5) is 0 Å². The van der Waals surface area contributed by atoms with Gasteiger partial charge in [-0.05, 0) is 0 Å². The first-order chi connectivity index (χ1) is 4.98. The van der Waals surface area contributed by atoms with Gasteiger partial charge < -0.3 is 5.11 Å². The zero-order valence-electron chi connectivity index (χ0n) is 5.99. The van der Waals surface area contributed by atoms with Gasteiger partial charge >= 0.3 is 5.97 Å². The van der Waals surface area contributed by atoms with Crippen LogP contribution in [0.5, 0.6) is 0 Å². The van der Waals surface area contributed by atoms with Crippen molar-refractivity contribution < 1.29 is 18.3 Å². The average Bonchev–Trinajstić information content (AvgIpc) is 1.87. The molecule has 0 aliphatic carbocycles. The van der Waals surface area contributed by atoms with Crippen molar-refractivity contribution in [3.63, 3.8) is 0 Å². The van der Waals surface area contributed by atoms with E-state index in [1.165, 1.54) is 7.05 Å². The van der Waals surface area contributed by atoms with Crippen molar-refractivity contribution in [1.29, 1.82) is 0 Å². The van der Waals surface area contributed by atoms with E-state index in [0.717, 1.165) is 0 Å². The number of rotatable bonds is 5. The fraction of sp³-hybridized carbons (Fsp3) is 0.750. The summed E-state index contributed by atoms with van der Waals surface area (Å²) in [5, 5.41) is 8.13. The lowest BCUT2D eigenvalue weighted by Gasteiger charge is -2.01. The molecule has 7 heteroatoms. The van der Waals surface area contributed by atoms with Crippen LogP contribution in [0.1, 0.15) is 6.42 Å². The predicted molar refractivity (Wildman–Crippen MR) is 38.2 cm³/mol. The molecular weight excluding hydrogens is 172 g/mol. The Balaban J connectivity index is 3.63. The molecule has 0 aromatic rings. The summed E-state index contributed by atoms with van der Waals surface area (Å²) < 4.78 is 25.1. The van der Waals surface area contributed by atoms with Gasteiger partial charge in [-0.25, -0.2) is 9.44 Å². The first kappa shape index (κ1) is 10.3. The van der Waals surface area contributed by atoms with Crippen LogP contribution in [0.3, 0.4) is 0 Å². The van der Waals surface area contributed by atoms with Crippen molar-refractivity contribution in [3.05, 3.63) is 0 Å². The van der Waals surface area contributed by atoms with Crippen molar-refractivity contribution in [2.45, 2.75) is 6.42 Å². The van der Waals surface area contributed by atoms with Crippen molar-refractivity contribution in [1.82, 2.24) is 9.44 Å². The molecule has 0 saturated carbocycles. The third-order valence-corrected chi connectivity index (χ3v) is 2.02. The molecule has 0 bridgehead atoms. The molecule has 0 fully saturated rings. The second kappa shape index (κ2) is 4.27. The van der Waals surface area contributed by atoms with E-state index in [2.05, 4.69) is 0 Å². The maximum atomic E-state index is 10.6. The molecule has 0 aliphatic rings. The number of nitrogens with one attached hydrogen (secondary N) is 2. The second-order valence-electron chi connectivity index (χ2n) is 1.75. The molecule has 66 valence electrons. The Labute approximate surface area is 64.8 Å². The first-order valence-electron chi connectivity index (χ1n) is 2.88. The predicted octanol–water partition coefficient (Wildman–Crippen LogP) is -1.49. The molecule has 0 aromatic carbocycles. The Bertz CT molecular complexity index is 222. The fourth-order valence-electron chi connectivity index (χ4n) is 0.364.